The van der Waals surface area contributed by atoms with Crippen LogP contribution in [0, 0.1) is 0 Å². The Morgan fingerprint density at radius 1 is 1.30 bits per heavy atom. The molecular weight excluding hydrogens is 316 g/mol. The molecule has 0 spiro atoms. The zero-order chi connectivity index (χ0) is 15.4. The molecule has 23 heavy (non-hydrogen) atoms. The van der Waals surface area contributed by atoms with Crippen molar-refractivity contribution in [1.29, 1.82) is 0 Å². The van der Waals surface area contributed by atoms with Gasteiger partial charge in [-0.05, 0) is 44.4 Å². The van der Waals surface area contributed by atoms with E-state index >= 15 is 0 Å². The highest BCUT2D eigenvalue weighted by Gasteiger charge is 2.37. The second-order valence-corrected chi connectivity index (χ2v) is 6.08. The van der Waals surface area contributed by atoms with Gasteiger partial charge in [0.05, 0.1) is 12.1 Å². The van der Waals surface area contributed by atoms with Crippen molar-refractivity contribution < 1.29 is 14.6 Å². The van der Waals surface area contributed by atoms with Gasteiger partial charge in [-0.15, -0.1) is 12.4 Å². The van der Waals surface area contributed by atoms with Crippen molar-refractivity contribution >= 4 is 18.3 Å². The fourth-order valence-corrected chi connectivity index (χ4v) is 3.37. The fourth-order valence-electron chi connectivity index (χ4n) is 3.37. The van der Waals surface area contributed by atoms with Gasteiger partial charge in [0.1, 0.15) is 18.5 Å². The van der Waals surface area contributed by atoms with Crippen molar-refractivity contribution in [3.63, 3.8) is 0 Å². The van der Waals surface area contributed by atoms with Gasteiger partial charge in [-0.3, -0.25) is 4.79 Å². The first-order valence-corrected chi connectivity index (χ1v) is 8.15. The lowest BCUT2D eigenvalue weighted by molar-refractivity contribution is -0.136. The number of para-hydroxylation sites is 1. The Hall–Kier alpha value is -1.30. The number of carbonyl (C=O) groups is 1. The molecule has 3 rings (SSSR count). The molecule has 0 aromatic heterocycles. The molecule has 1 unspecified atom stereocenters. The third-order valence-corrected chi connectivity index (χ3v) is 4.55. The number of amides is 1. The van der Waals surface area contributed by atoms with Gasteiger partial charge in [0, 0.05) is 6.54 Å². The minimum atomic E-state index is -0.645. The molecule has 2 aliphatic heterocycles. The van der Waals surface area contributed by atoms with Crippen molar-refractivity contribution in [2.75, 3.05) is 19.7 Å². The molecule has 1 aromatic rings. The zero-order valence-electron chi connectivity index (χ0n) is 13.2. The second kappa shape index (κ2) is 8.52. The maximum Gasteiger partial charge on any atom is 0.240 e. The molecule has 2 aliphatic rings. The maximum absolute atomic E-state index is 12.5. The second-order valence-electron chi connectivity index (χ2n) is 6.08. The molecule has 3 atom stereocenters. The number of rotatable bonds is 5. The number of hydrogen-bond acceptors (Lipinski definition) is 4. The van der Waals surface area contributed by atoms with E-state index in [1.807, 2.05) is 35.2 Å². The van der Waals surface area contributed by atoms with Crippen LogP contribution in [-0.2, 0) is 4.79 Å². The van der Waals surface area contributed by atoms with Crippen LogP contribution in [-0.4, -0.2) is 53.8 Å². The van der Waals surface area contributed by atoms with Crippen LogP contribution in [0.2, 0.25) is 0 Å². The summed E-state index contributed by atoms with van der Waals surface area (Å²) in [6.07, 6.45) is 3.10. The summed E-state index contributed by atoms with van der Waals surface area (Å²) in [6.45, 7) is 1.87. The van der Waals surface area contributed by atoms with Crippen molar-refractivity contribution in [2.24, 2.45) is 0 Å². The Labute approximate surface area is 143 Å². The van der Waals surface area contributed by atoms with Gasteiger partial charge in [0.2, 0.25) is 5.91 Å². The van der Waals surface area contributed by atoms with Crippen LogP contribution in [0.15, 0.2) is 30.3 Å². The number of nitrogens with one attached hydrogen (secondary N) is 1. The van der Waals surface area contributed by atoms with Crippen molar-refractivity contribution in [1.82, 2.24) is 10.2 Å². The topological polar surface area (TPSA) is 61.8 Å². The molecule has 5 nitrogen and oxygen atoms in total. The average Bonchev–Trinajstić information content (AvgIpc) is 3.24. The molecule has 128 valence electrons. The van der Waals surface area contributed by atoms with Gasteiger partial charge < -0.3 is 20.1 Å². The van der Waals surface area contributed by atoms with Crippen molar-refractivity contribution in [3.8, 4) is 5.75 Å². The Kier molecular flexibility index (Phi) is 6.69. The number of aliphatic hydroxyl groups is 1. The highest BCUT2D eigenvalue weighted by molar-refractivity contribution is 5.85. The highest BCUT2D eigenvalue weighted by atomic mass is 35.5. The predicted octanol–water partition coefficient (Wildman–Crippen LogP) is 1.59. The van der Waals surface area contributed by atoms with E-state index in [9.17, 15) is 9.90 Å². The van der Waals surface area contributed by atoms with E-state index in [0.717, 1.165) is 44.5 Å². The number of halogens is 1. The highest BCUT2D eigenvalue weighted by Crippen LogP contribution is 2.23. The minimum absolute atomic E-state index is 0. The summed E-state index contributed by atoms with van der Waals surface area (Å²) in [4.78, 5) is 14.4. The number of benzene rings is 1. The van der Waals surface area contributed by atoms with Gasteiger partial charge in [0.25, 0.3) is 0 Å². The van der Waals surface area contributed by atoms with E-state index in [0.29, 0.717) is 0 Å². The fraction of sp³-hybridized carbons (Fsp3) is 0.588. The SMILES string of the molecule is Cl.O=C([C@@H]1CCCN1)N1CCC[C@H]1C(O)COc1ccccc1. The van der Waals surface area contributed by atoms with E-state index < -0.39 is 6.10 Å². The summed E-state index contributed by atoms with van der Waals surface area (Å²) in [5, 5.41) is 13.7. The standard InChI is InChI=1S/C17H24N2O3.ClH/c20-16(12-22-13-6-2-1-3-7-13)15-9-5-11-19(15)17(21)14-8-4-10-18-14;/h1-3,6-7,14-16,18,20H,4-5,8-12H2;1H/t14-,15-,16?;/m0./s1. The summed E-state index contributed by atoms with van der Waals surface area (Å²) in [5.74, 6) is 0.883. The molecule has 2 N–H and O–H groups in total. The van der Waals surface area contributed by atoms with Gasteiger partial charge in [0.15, 0.2) is 0 Å². The minimum Gasteiger partial charge on any atom is -0.491 e. The third-order valence-electron chi connectivity index (χ3n) is 4.55. The molecule has 1 aromatic carbocycles. The Morgan fingerprint density at radius 3 is 2.78 bits per heavy atom. The predicted molar refractivity (Wildman–Crippen MR) is 91.0 cm³/mol. The van der Waals surface area contributed by atoms with E-state index in [2.05, 4.69) is 5.32 Å². The smallest absolute Gasteiger partial charge is 0.240 e. The van der Waals surface area contributed by atoms with Crippen molar-refractivity contribution in [2.45, 2.75) is 43.9 Å². The molecule has 2 saturated heterocycles. The summed E-state index contributed by atoms with van der Waals surface area (Å²) in [5.41, 5.74) is 0. The van der Waals surface area contributed by atoms with Gasteiger partial charge in [-0.1, -0.05) is 18.2 Å². The van der Waals surface area contributed by atoms with E-state index in [4.69, 9.17) is 4.74 Å². The first kappa shape index (κ1) is 18.0. The number of hydrogen-bond donors (Lipinski definition) is 2. The van der Waals surface area contributed by atoms with Crippen LogP contribution in [0.5, 0.6) is 5.75 Å². The number of aliphatic hydroxyl groups excluding tert-OH is 1. The Morgan fingerprint density at radius 2 is 2.09 bits per heavy atom. The molecule has 1 amide bonds. The Balaban J connectivity index is 0.00000192. The van der Waals surface area contributed by atoms with E-state index in [1.54, 1.807) is 0 Å². The lowest BCUT2D eigenvalue weighted by atomic mass is 10.1. The first-order valence-electron chi connectivity index (χ1n) is 8.15. The molecule has 6 heteroatoms. The molecule has 0 aliphatic carbocycles. The Bertz CT molecular complexity index is 494. The molecule has 0 saturated carbocycles. The lowest BCUT2D eigenvalue weighted by Crippen LogP contribution is -2.50. The summed E-state index contributed by atoms with van der Waals surface area (Å²) in [7, 11) is 0. The summed E-state index contributed by atoms with van der Waals surface area (Å²) in [6, 6.07) is 9.27. The normalized spacial score (nSPS) is 25.0. The number of likely N-dealkylation sites (tertiary alicyclic amines) is 1. The van der Waals surface area contributed by atoms with E-state index in [1.165, 1.54) is 0 Å². The van der Waals surface area contributed by atoms with Crippen LogP contribution in [0.25, 0.3) is 0 Å². The van der Waals surface area contributed by atoms with Crippen molar-refractivity contribution in [3.05, 3.63) is 30.3 Å². The van der Waals surface area contributed by atoms with Gasteiger partial charge in [-0.25, -0.2) is 0 Å². The van der Waals surface area contributed by atoms with Gasteiger partial charge >= 0.3 is 0 Å². The van der Waals surface area contributed by atoms with Crippen LogP contribution in [0.1, 0.15) is 25.7 Å². The third kappa shape index (κ3) is 4.37. The summed E-state index contributed by atoms with van der Waals surface area (Å²) < 4.78 is 5.63. The average molecular weight is 341 g/mol. The van der Waals surface area contributed by atoms with Crippen LogP contribution in [0.3, 0.4) is 0 Å². The van der Waals surface area contributed by atoms with Gasteiger partial charge in [-0.2, -0.15) is 0 Å². The molecule has 0 bridgehead atoms. The lowest BCUT2D eigenvalue weighted by Gasteiger charge is -2.30. The number of carbonyl (C=O) groups excluding carboxylic acids is 1. The first-order chi connectivity index (χ1) is 10.8. The number of nitrogens with zero attached hydrogens (tertiary/aromatic N) is 1. The van der Waals surface area contributed by atoms with Crippen LogP contribution >= 0.6 is 12.4 Å². The molecule has 2 heterocycles. The molecule has 2 fully saturated rings. The monoisotopic (exact) mass is 340 g/mol. The quantitative estimate of drug-likeness (QED) is 0.854. The molecular formula is C17H25ClN2O3. The van der Waals surface area contributed by atoms with Crippen LogP contribution in [0.4, 0.5) is 0 Å². The molecule has 0 radical (unpaired) electrons. The van der Waals surface area contributed by atoms with E-state index in [-0.39, 0.29) is 37.0 Å². The maximum atomic E-state index is 12.5. The number of ether oxygens (including phenoxy) is 1. The summed E-state index contributed by atoms with van der Waals surface area (Å²) >= 11 is 0. The largest absolute Gasteiger partial charge is 0.491 e. The van der Waals surface area contributed by atoms with Crippen LogP contribution < -0.4 is 10.1 Å². The zero-order valence-corrected chi connectivity index (χ0v) is 14.0.